The zero-order valence-corrected chi connectivity index (χ0v) is 33.5. The summed E-state index contributed by atoms with van der Waals surface area (Å²) < 4.78 is 43.6. The zero-order chi connectivity index (χ0) is 38.6. The molecule has 11 nitrogen and oxygen atoms in total. The summed E-state index contributed by atoms with van der Waals surface area (Å²) in [6.07, 6.45) is 9.87. The third kappa shape index (κ3) is 7.10. The minimum absolute atomic E-state index is 0.0371. The van der Waals surface area contributed by atoms with Crippen molar-refractivity contribution in [1.82, 2.24) is 23.5 Å². The van der Waals surface area contributed by atoms with E-state index >= 15 is 0 Å². The van der Waals surface area contributed by atoms with Crippen LogP contribution in [0.1, 0.15) is 115 Å². The SMILES string of the molecule is COc1ccc(C2CCCCC2)c2c1cc1n2Cc2c(c[nH]c2C(=O)NS(=O)(=O)N(C)C)C2C[C@@H](C(=O)N3C[C@@H](C)O[C@@H](C)C3)C(Cc3ccccc3)C[C@@H]12. The predicted molar refractivity (Wildman–Crippen MR) is 213 cm³/mol. The van der Waals surface area contributed by atoms with Crippen LogP contribution in [-0.4, -0.2) is 85.5 Å². The number of hydrogen-bond donors (Lipinski definition) is 2. The molecule has 294 valence electrons. The molecule has 2 saturated carbocycles. The molecule has 3 fully saturated rings. The van der Waals surface area contributed by atoms with Crippen LogP contribution >= 0.6 is 0 Å². The summed E-state index contributed by atoms with van der Waals surface area (Å²) in [5.41, 5.74) is 6.83. The molecule has 4 heterocycles. The molecule has 2 aliphatic carbocycles. The Bertz CT molecular complexity index is 2160. The van der Waals surface area contributed by atoms with E-state index in [1.807, 2.05) is 31.0 Å². The van der Waals surface area contributed by atoms with Crippen LogP contribution in [0.25, 0.3) is 10.9 Å². The maximum atomic E-state index is 14.8. The molecule has 2 N–H and O–H groups in total. The number of fused-ring (bicyclic) bond motifs is 7. The first-order valence-corrected chi connectivity index (χ1v) is 21.5. The molecule has 6 atom stereocenters. The molecule has 0 bridgehead atoms. The summed E-state index contributed by atoms with van der Waals surface area (Å²) in [7, 11) is 0.471. The highest BCUT2D eigenvalue weighted by atomic mass is 32.2. The third-order valence-corrected chi connectivity index (χ3v) is 14.3. The number of ether oxygens (including phenoxy) is 2. The Morgan fingerprint density at radius 1 is 0.964 bits per heavy atom. The van der Waals surface area contributed by atoms with Gasteiger partial charge in [-0.15, -0.1) is 0 Å². The van der Waals surface area contributed by atoms with Crippen LogP contribution in [0.2, 0.25) is 0 Å². The number of carbonyl (C=O) groups excluding carboxylic acids is 2. The van der Waals surface area contributed by atoms with E-state index in [-0.39, 0.29) is 47.5 Å². The van der Waals surface area contributed by atoms with E-state index in [1.165, 1.54) is 50.2 Å². The fourth-order valence-corrected chi connectivity index (χ4v) is 10.9. The average Bonchev–Trinajstić information content (AvgIpc) is 3.73. The minimum Gasteiger partial charge on any atom is -0.496 e. The van der Waals surface area contributed by atoms with Crippen molar-refractivity contribution >= 4 is 32.9 Å². The number of methoxy groups -OCH3 is 1. The second kappa shape index (κ2) is 15.1. The Kier molecular flexibility index (Phi) is 10.4. The first-order valence-electron chi connectivity index (χ1n) is 20.1. The van der Waals surface area contributed by atoms with Gasteiger partial charge in [-0.25, -0.2) is 4.72 Å². The van der Waals surface area contributed by atoms with E-state index in [1.54, 1.807) is 7.11 Å². The average molecular weight is 770 g/mol. The summed E-state index contributed by atoms with van der Waals surface area (Å²) >= 11 is 0. The smallest absolute Gasteiger partial charge is 0.303 e. The molecule has 2 aliphatic heterocycles. The Hall–Kier alpha value is -4.13. The molecule has 2 aromatic heterocycles. The van der Waals surface area contributed by atoms with Crippen molar-refractivity contribution in [2.45, 2.75) is 102 Å². The standard InChI is InChI=1S/C43H55N5O6S/c1-26-23-47(24-27(2)54-26)43(50)32-20-33-34(19-30(32)18-28-12-8-6-9-13-28)38-21-35-39(53-5)17-16-31(29-14-10-7-11-15-29)41(35)48(38)25-37-36(33)22-44-40(37)42(49)45-55(51,52)46(3)4/h6,8-9,12-13,16-17,21-22,26-27,29-30,32-34,44H,7,10-11,14-15,18-20,23-25H2,1-5H3,(H,45,49)/t26-,27+,30?,32-,33?,34-/m1/s1. The molecule has 0 radical (unpaired) electrons. The third-order valence-electron chi connectivity index (χ3n) is 12.9. The molecule has 12 heteroatoms. The van der Waals surface area contributed by atoms with Gasteiger partial charge in [0.25, 0.3) is 5.91 Å². The van der Waals surface area contributed by atoms with E-state index in [0.717, 1.165) is 57.8 Å². The minimum atomic E-state index is -4.05. The molecule has 55 heavy (non-hydrogen) atoms. The monoisotopic (exact) mass is 769 g/mol. The number of benzene rings is 2. The van der Waals surface area contributed by atoms with Crippen LogP contribution in [0.3, 0.4) is 0 Å². The Labute approximate surface area is 324 Å². The number of aromatic nitrogens is 2. The number of amides is 2. The molecule has 4 aromatic rings. The Balaban J connectivity index is 1.30. The van der Waals surface area contributed by atoms with Gasteiger partial charge in [0.15, 0.2) is 0 Å². The lowest BCUT2D eigenvalue weighted by atomic mass is 9.63. The first kappa shape index (κ1) is 37.8. The lowest BCUT2D eigenvalue weighted by Gasteiger charge is -2.44. The van der Waals surface area contributed by atoms with Gasteiger partial charge >= 0.3 is 10.2 Å². The van der Waals surface area contributed by atoms with Crippen molar-refractivity contribution in [2.75, 3.05) is 34.3 Å². The fourth-order valence-electron chi connectivity index (χ4n) is 10.4. The lowest BCUT2D eigenvalue weighted by molar-refractivity contribution is -0.150. The van der Waals surface area contributed by atoms with Crippen LogP contribution in [0.5, 0.6) is 5.75 Å². The molecule has 8 rings (SSSR count). The van der Waals surface area contributed by atoms with Crippen molar-refractivity contribution in [2.24, 2.45) is 11.8 Å². The number of H-pyrrole nitrogens is 1. The highest BCUT2D eigenvalue weighted by Crippen LogP contribution is 2.55. The summed E-state index contributed by atoms with van der Waals surface area (Å²) in [4.78, 5) is 34.0. The van der Waals surface area contributed by atoms with Gasteiger partial charge in [0.2, 0.25) is 5.91 Å². The van der Waals surface area contributed by atoms with E-state index in [2.05, 4.69) is 56.7 Å². The van der Waals surface area contributed by atoms with Gasteiger partial charge in [-0.1, -0.05) is 55.7 Å². The second-order valence-corrected chi connectivity index (χ2v) is 18.6. The molecule has 2 amide bonds. The summed E-state index contributed by atoms with van der Waals surface area (Å²) in [6, 6.07) is 17.2. The van der Waals surface area contributed by atoms with Crippen molar-refractivity contribution in [3.63, 3.8) is 0 Å². The van der Waals surface area contributed by atoms with Crippen LogP contribution in [0.4, 0.5) is 0 Å². The van der Waals surface area contributed by atoms with Crippen LogP contribution < -0.4 is 9.46 Å². The normalized spacial score (nSPS) is 25.9. The van der Waals surface area contributed by atoms with Gasteiger partial charge < -0.3 is 23.9 Å². The number of morpholine rings is 1. The molecule has 4 aliphatic rings. The number of aromatic amines is 1. The first-order chi connectivity index (χ1) is 26.4. The number of nitrogens with zero attached hydrogens (tertiary/aromatic N) is 3. The molecule has 2 unspecified atom stereocenters. The quantitative estimate of drug-likeness (QED) is 0.206. The van der Waals surface area contributed by atoms with Crippen molar-refractivity contribution in [3.8, 4) is 5.75 Å². The predicted octanol–water partition coefficient (Wildman–Crippen LogP) is 6.70. The van der Waals surface area contributed by atoms with Crippen molar-refractivity contribution in [1.29, 1.82) is 0 Å². The zero-order valence-electron chi connectivity index (χ0n) is 32.7. The largest absolute Gasteiger partial charge is 0.496 e. The van der Waals surface area contributed by atoms with E-state index in [9.17, 15) is 18.0 Å². The Morgan fingerprint density at radius 3 is 2.38 bits per heavy atom. The van der Waals surface area contributed by atoms with Crippen LogP contribution in [-0.2, 0) is 32.7 Å². The molecule has 1 saturated heterocycles. The van der Waals surface area contributed by atoms with Crippen LogP contribution in [0, 0.1) is 11.8 Å². The number of carbonyl (C=O) groups is 2. The van der Waals surface area contributed by atoms with E-state index in [0.29, 0.717) is 32.0 Å². The van der Waals surface area contributed by atoms with E-state index in [4.69, 9.17) is 9.47 Å². The van der Waals surface area contributed by atoms with Gasteiger partial charge in [0.1, 0.15) is 11.4 Å². The lowest BCUT2D eigenvalue weighted by Crippen LogP contribution is -2.52. The number of hydrogen-bond acceptors (Lipinski definition) is 6. The molecular formula is C43H55N5O6S. The second-order valence-electron chi connectivity index (χ2n) is 16.7. The fraction of sp³-hybridized carbons (Fsp3) is 0.535. The van der Waals surface area contributed by atoms with Gasteiger partial charge in [0, 0.05) is 61.9 Å². The Morgan fingerprint density at radius 2 is 1.69 bits per heavy atom. The van der Waals surface area contributed by atoms with Crippen molar-refractivity contribution < 1.29 is 27.5 Å². The summed E-state index contributed by atoms with van der Waals surface area (Å²) in [5, 5.41) is 1.06. The number of rotatable bonds is 8. The van der Waals surface area contributed by atoms with Gasteiger partial charge in [-0.2, -0.15) is 12.7 Å². The van der Waals surface area contributed by atoms with Gasteiger partial charge in [-0.05, 0) is 92.5 Å². The van der Waals surface area contributed by atoms with Gasteiger partial charge in [0.05, 0.1) is 31.4 Å². The van der Waals surface area contributed by atoms with Gasteiger partial charge in [-0.3, -0.25) is 9.59 Å². The topological polar surface area (TPSA) is 126 Å². The van der Waals surface area contributed by atoms with Crippen molar-refractivity contribution in [3.05, 3.63) is 88.4 Å². The summed E-state index contributed by atoms with van der Waals surface area (Å²) in [6.45, 7) is 5.57. The maximum absolute atomic E-state index is 14.8. The summed E-state index contributed by atoms with van der Waals surface area (Å²) in [5.74, 6) is 0.464. The molecular weight excluding hydrogens is 715 g/mol. The molecule has 2 aromatic carbocycles. The van der Waals surface area contributed by atoms with Crippen LogP contribution in [0.15, 0.2) is 54.7 Å². The highest BCUT2D eigenvalue weighted by molar-refractivity contribution is 7.87. The maximum Gasteiger partial charge on any atom is 0.303 e. The number of nitrogens with one attached hydrogen (secondary N) is 2. The van der Waals surface area contributed by atoms with E-state index < -0.39 is 16.1 Å². The molecule has 0 spiro atoms. The highest BCUT2D eigenvalue weighted by Gasteiger charge is 2.47.